The van der Waals surface area contributed by atoms with Gasteiger partial charge in [-0.1, -0.05) is 6.42 Å². The molecule has 0 aliphatic carbocycles. The standard InChI is InChI=1S/C11H21NO2S/c13-11(14)6-1-3-7-12-9-10-5-2-4-8-15-10/h10,12H,1-9H2,(H,13,14). The number of hydrogen-bond acceptors (Lipinski definition) is 3. The molecule has 1 aliphatic rings. The van der Waals surface area contributed by atoms with E-state index in [1.807, 2.05) is 0 Å². The second kappa shape index (κ2) is 7.99. The Labute approximate surface area is 96.0 Å². The largest absolute Gasteiger partial charge is 0.481 e. The lowest BCUT2D eigenvalue weighted by Crippen LogP contribution is -2.27. The Morgan fingerprint density at radius 1 is 1.40 bits per heavy atom. The average Bonchev–Trinajstić information content (AvgIpc) is 2.24. The highest BCUT2D eigenvalue weighted by atomic mass is 32.2. The number of thioether (sulfide) groups is 1. The van der Waals surface area contributed by atoms with Gasteiger partial charge in [-0.25, -0.2) is 0 Å². The average molecular weight is 231 g/mol. The van der Waals surface area contributed by atoms with Crippen LogP contribution in [0.15, 0.2) is 0 Å². The highest BCUT2D eigenvalue weighted by molar-refractivity contribution is 7.99. The van der Waals surface area contributed by atoms with Crippen molar-refractivity contribution in [1.82, 2.24) is 5.32 Å². The zero-order chi connectivity index (χ0) is 10.9. The fraction of sp³-hybridized carbons (Fsp3) is 0.909. The molecule has 0 aromatic rings. The summed E-state index contributed by atoms with van der Waals surface area (Å²) in [5.41, 5.74) is 0. The van der Waals surface area contributed by atoms with Crippen LogP contribution in [0.25, 0.3) is 0 Å². The van der Waals surface area contributed by atoms with Gasteiger partial charge in [0.1, 0.15) is 0 Å². The lowest BCUT2D eigenvalue weighted by molar-refractivity contribution is -0.137. The Hall–Kier alpha value is -0.220. The van der Waals surface area contributed by atoms with Gasteiger partial charge in [0.25, 0.3) is 0 Å². The number of carbonyl (C=O) groups is 1. The van der Waals surface area contributed by atoms with Crippen LogP contribution < -0.4 is 5.32 Å². The molecular formula is C11H21NO2S. The maximum Gasteiger partial charge on any atom is 0.303 e. The topological polar surface area (TPSA) is 49.3 Å². The highest BCUT2D eigenvalue weighted by Crippen LogP contribution is 2.24. The van der Waals surface area contributed by atoms with E-state index < -0.39 is 5.97 Å². The van der Waals surface area contributed by atoms with Gasteiger partial charge in [0.05, 0.1) is 0 Å². The third-order valence-electron chi connectivity index (χ3n) is 2.64. The van der Waals surface area contributed by atoms with Gasteiger partial charge in [-0.05, 0) is 38.0 Å². The number of rotatable bonds is 7. The van der Waals surface area contributed by atoms with Crippen LogP contribution in [-0.2, 0) is 4.79 Å². The Balaban J connectivity index is 1.85. The predicted molar refractivity (Wildman–Crippen MR) is 64.5 cm³/mol. The predicted octanol–water partition coefficient (Wildman–Crippen LogP) is 2.12. The summed E-state index contributed by atoms with van der Waals surface area (Å²) in [4.78, 5) is 10.3. The SMILES string of the molecule is O=C(O)CCCCNCC1CCCCS1. The molecule has 0 saturated carbocycles. The van der Waals surface area contributed by atoms with E-state index in [-0.39, 0.29) is 0 Å². The van der Waals surface area contributed by atoms with Crippen LogP contribution in [0.5, 0.6) is 0 Å². The van der Waals surface area contributed by atoms with Crippen molar-refractivity contribution in [2.75, 3.05) is 18.8 Å². The Morgan fingerprint density at radius 3 is 2.93 bits per heavy atom. The molecule has 88 valence electrons. The van der Waals surface area contributed by atoms with Crippen molar-refractivity contribution in [2.45, 2.75) is 43.8 Å². The maximum atomic E-state index is 10.3. The Bertz CT molecular complexity index is 181. The van der Waals surface area contributed by atoms with Crippen molar-refractivity contribution >= 4 is 17.7 Å². The smallest absolute Gasteiger partial charge is 0.303 e. The van der Waals surface area contributed by atoms with Crippen LogP contribution >= 0.6 is 11.8 Å². The van der Waals surface area contributed by atoms with Gasteiger partial charge in [0.15, 0.2) is 0 Å². The lowest BCUT2D eigenvalue weighted by Gasteiger charge is -2.21. The van der Waals surface area contributed by atoms with E-state index in [2.05, 4.69) is 17.1 Å². The molecule has 0 bridgehead atoms. The molecule has 0 aromatic heterocycles. The first-order valence-electron chi connectivity index (χ1n) is 5.83. The van der Waals surface area contributed by atoms with Crippen LogP contribution in [0.2, 0.25) is 0 Å². The second-order valence-corrected chi connectivity index (χ2v) is 5.45. The number of carboxylic acid groups (broad SMARTS) is 1. The number of unbranched alkanes of at least 4 members (excludes halogenated alkanes) is 1. The van der Waals surface area contributed by atoms with E-state index in [9.17, 15) is 4.79 Å². The summed E-state index contributed by atoms with van der Waals surface area (Å²) in [5, 5.41) is 12.7. The summed E-state index contributed by atoms with van der Waals surface area (Å²) in [6.07, 6.45) is 6.16. The molecule has 1 unspecified atom stereocenters. The monoisotopic (exact) mass is 231 g/mol. The molecule has 0 amide bonds. The maximum absolute atomic E-state index is 10.3. The molecule has 15 heavy (non-hydrogen) atoms. The fourth-order valence-electron chi connectivity index (χ4n) is 1.76. The van der Waals surface area contributed by atoms with Crippen molar-refractivity contribution in [1.29, 1.82) is 0 Å². The van der Waals surface area contributed by atoms with Crippen LogP contribution in [0, 0.1) is 0 Å². The summed E-state index contributed by atoms with van der Waals surface area (Å²) < 4.78 is 0. The van der Waals surface area contributed by atoms with Crippen molar-refractivity contribution in [3.8, 4) is 0 Å². The molecule has 1 aliphatic heterocycles. The molecule has 1 heterocycles. The number of hydrogen-bond donors (Lipinski definition) is 2. The van der Waals surface area contributed by atoms with Crippen LogP contribution in [0.3, 0.4) is 0 Å². The summed E-state index contributed by atoms with van der Waals surface area (Å²) in [6.45, 7) is 2.06. The van der Waals surface area contributed by atoms with E-state index in [1.165, 1.54) is 25.0 Å². The molecule has 0 spiro atoms. The van der Waals surface area contributed by atoms with Gasteiger partial charge in [-0.3, -0.25) is 4.79 Å². The van der Waals surface area contributed by atoms with Gasteiger partial charge in [-0.2, -0.15) is 11.8 Å². The highest BCUT2D eigenvalue weighted by Gasteiger charge is 2.12. The number of aliphatic carboxylic acids is 1. The van der Waals surface area contributed by atoms with Crippen molar-refractivity contribution in [3.05, 3.63) is 0 Å². The van der Waals surface area contributed by atoms with Gasteiger partial charge in [-0.15, -0.1) is 0 Å². The van der Waals surface area contributed by atoms with Crippen LogP contribution in [0.1, 0.15) is 38.5 Å². The minimum absolute atomic E-state index is 0.305. The Kier molecular flexibility index (Phi) is 6.85. The van der Waals surface area contributed by atoms with Gasteiger partial charge in [0.2, 0.25) is 0 Å². The molecule has 3 nitrogen and oxygen atoms in total. The van der Waals surface area contributed by atoms with Gasteiger partial charge in [0, 0.05) is 18.2 Å². The first-order chi connectivity index (χ1) is 7.29. The Morgan fingerprint density at radius 2 is 2.27 bits per heavy atom. The molecule has 1 fully saturated rings. The minimum atomic E-state index is -0.683. The fourth-order valence-corrected chi connectivity index (χ4v) is 3.03. The molecule has 1 atom stereocenters. The summed E-state index contributed by atoms with van der Waals surface area (Å²) >= 11 is 2.08. The molecule has 2 N–H and O–H groups in total. The van der Waals surface area contributed by atoms with Crippen molar-refractivity contribution < 1.29 is 9.90 Å². The molecule has 1 saturated heterocycles. The number of carboxylic acids is 1. The van der Waals surface area contributed by atoms with Gasteiger partial charge < -0.3 is 10.4 Å². The van der Waals surface area contributed by atoms with Crippen molar-refractivity contribution in [2.24, 2.45) is 0 Å². The lowest BCUT2D eigenvalue weighted by atomic mass is 10.2. The van der Waals surface area contributed by atoms with E-state index in [0.29, 0.717) is 6.42 Å². The molecule has 0 radical (unpaired) electrons. The van der Waals surface area contributed by atoms with E-state index in [1.54, 1.807) is 0 Å². The van der Waals surface area contributed by atoms with Crippen molar-refractivity contribution in [3.63, 3.8) is 0 Å². The third-order valence-corrected chi connectivity index (χ3v) is 4.04. The molecule has 0 aromatic carbocycles. The van der Waals surface area contributed by atoms with E-state index >= 15 is 0 Å². The summed E-state index contributed by atoms with van der Waals surface area (Å²) in [5.74, 6) is 0.628. The minimum Gasteiger partial charge on any atom is -0.481 e. The summed E-state index contributed by atoms with van der Waals surface area (Å²) in [7, 11) is 0. The van der Waals surface area contributed by atoms with E-state index in [4.69, 9.17) is 5.11 Å². The van der Waals surface area contributed by atoms with Gasteiger partial charge >= 0.3 is 5.97 Å². The zero-order valence-electron chi connectivity index (χ0n) is 9.21. The zero-order valence-corrected chi connectivity index (χ0v) is 10.0. The summed E-state index contributed by atoms with van der Waals surface area (Å²) in [6, 6.07) is 0. The first-order valence-corrected chi connectivity index (χ1v) is 6.88. The van der Waals surface area contributed by atoms with Crippen LogP contribution in [-0.4, -0.2) is 35.2 Å². The molecule has 1 rings (SSSR count). The second-order valence-electron chi connectivity index (χ2n) is 4.04. The molecule has 4 heteroatoms. The number of nitrogens with one attached hydrogen (secondary N) is 1. The third kappa shape index (κ3) is 6.79. The van der Waals surface area contributed by atoms with E-state index in [0.717, 1.165) is 31.2 Å². The quantitative estimate of drug-likeness (QED) is 0.659. The van der Waals surface area contributed by atoms with Crippen LogP contribution in [0.4, 0.5) is 0 Å². The molecular weight excluding hydrogens is 210 g/mol. The normalized spacial score (nSPS) is 21.5. The first kappa shape index (κ1) is 12.8.